The number of aryl methyl sites for hydroxylation is 1. The van der Waals surface area contributed by atoms with E-state index in [0.29, 0.717) is 5.82 Å². The minimum absolute atomic E-state index is 0.345. The first-order chi connectivity index (χ1) is 6.29. The third-order valence-electron chi connectivity index (χ3n) is 1.86. The standard InChI is InChI=1S/C7H10N6/c1-13-3-2-9-7(13)5(8)6-10-4-11-12-6/h2-5H,8H2,1H3,(H,10,11,12). The summed E-state index contributed by atoms with van der Waals surface area (Å²) in [5.41, 5.74) is 5.89. The summed E-state index contributed by atoms with van der Waals surface area (Å²) in [5.74, 6) is 1.38. The van der Waals surface area contributed by atoms with Gasteiger partial charge >= 0.3 is 0 Å². The maximum atomic E-state index is 5.89. The predicted octanol–water partition coefficient (Wildman–Crippen LogP) is -0.414. The fourth-order valence-corrected chi connectivity index (χ4v) is 1.16. The number of rotatable bonds is 2. The van der Waals surface area contributed by atoms with E-state index in [0.717, 1.165) is 5.82 Å². The monoisotopic (exact) mass is 178 g/mol. The Morgan fingerprint density at radius 3 is 2.92 bits per heavy atom. The Morgan fingerprint density at radius 1 is 1.54 bits per heavy atom. The number of imidazole rings is 1. The van der Waals surface area contributed by atoms with E-state index in [9.17, 15) is 0 Å². The van der Waals surface area contributed by atoms with Crippen LogP contribution in [0, 0.1) is 0 Å². The number of nitrogens with two attached hydrogens (primary N) is 1. The number of H-pyrrole nitrogens is 1. The average Bonchev–Trinajstić information content (AvgIpc) is 2.72. The molecule has 3 N–H and O–H groups in total. The molecule has 2 aromatic heterocycles. The minimum Gasteiger partial charge on any atom is -0.336 e. The van der Waals surface area contributed by atoms with Crippen LogP contribution < -0.4 is 5.73 Å². The number of hydrogen-bond acceptors (Lipinski definition) is 4. The Morgan fingerprint density at radius 2 is 2.38 bits per heavy atom. The molecule has 2 rings (SSSR count). The third-order valence-corrected chi connectivity index (χ3v) is 1.86. The van der Waals surface area contributed by atoms with Crippen LogP contribution in [0.1, 0.15) is 17.7 Å². The lowest BCUT2D eigenvalue weighted by atomic mass is 10.3. The molecule has 6 heteroatoms. The summed E-state index contributed by atoms with van der Waals surface area (Å²) in [6.07, 6.45) is 4.97. The molecule has 0 aromatic carbocycles. The van der Waals surface area contributed by atoms with Crippen molar-refractivity contribution in [1.82, 2.24) is 24.7 Å². The van der Waals surface area contributed by atoms with Gasteiger partial charge in [0.2, 0.25) is 0 Å². The van der Waals surface area contributed by atoms with E-state index in [-0.39, 0.29) is 6.04 Å². The zero-order valence-electron chi connectivity index (χ0n) is 7.18. The quantitative estimate of drug-likeness (QED) is 0.654. The van der Waals surface area contributed by atoms with Gasteiger partial charge in [-0.3, -0.25) is 5.10 Å². The molecule has 2 heterocycles. The van der Waals surface area contributed by atoms with Gasteiger partial charge in [0.15, 0.2) is 0 Å². The third kappa shape index (κ3) is 1.31. The lowest BCUT2D eigenvalue weighted by Gasteiger charge is -2.07. The normalized spacial score (nSPS) is 13.1. The zero-order valence-corrected chi connectivity index (χ0v) is 7.18. The molecule has 2 aromatic rings. The van der Waals surface area contributed by atoms with Crippen molar-refractivity contribution >= 4 is 0 Å². The molecule has 13 heavy (non-hydrogen) atoms. The van der Waals surface area contributed by atoms with E-state index < -0.39 is 0 Å². The maximum Gasteiger partial charge on any atom is 0.148 e. The number of aromatic amines is 1. The highest BCUT2D eigenvalue weighted by molar-refractivity contribution is 5.08. The zero-order chi connectivity index (χ0) is 9.26. The molecular weight excluding hydrogens is 168 g/mol. The number of nitrogens with one attached hydrogen (secondary N) is 1. The van der Waals surface area contributed by atoms with Crippen molar-refractivity contribution in [3.05, 3.63) is 30.4 Å². The predicted molar refractivity (Wildman–Crippen MR) is 45.6 cm³/mol. The van der Waals surface area contributed by atoms with Crippen LogP contribution in [0.3, 0.4) is 0 Å². The van der Waals surface area contributed by atoms with E-state index in [1.54, 1.807) is 6.20 Å². The average molecular weight is 178 g/mol. The second-order valence-corrected chi connectivity index (χ2v) is 2.74. The summed E-state index contributed by atoms with van der Waals surface area (Å²) in [5, 5.41) is 6.44. The second-order valence-electron chi connectivity index (χ2n) is 2.74. The van der Waals surface area contributed by atoms with Gasteiger partial charge in [-0.1, -0.05) is 0 Å². The van der Waals surface area contributed by atoms with Gasteiger partial charge in [-0.25, -0.2) is 9.97 Å². The van der Waals surface area contributed by atoms with Crippen LogP contribution in [0.4, 0.5) is 0 Å². The molecule has 0 fully saturated rings. The van der Waals surface area contributed by atoms with Crippen molar-refractivity contribution in [1.29, 1.82) is 0 Å². The molecule has 68 valence electrons. The lowest BCUT2D eigenvalue weighted by molar-refractivity contribution is 0.681. The highest BCUT2D eigenvalue weighted by Gasteiger charge is 2.15. The molecule has 0 amide bonds. The number of aromatic nitrogens is 5. The maximum absolute atomic E-state index is 5.89. The molecule has 0 radical (unpaired) electrons. The summed E-state index contributed by atoms with van der Waals surface area (Å²) < 4.78 is 1.85. The first kappa shape index (κ1) is 7.93. The molecule has 1 atom stereocenters. The highest BCUT2D eigenvalue weighted by atomic mass is 15.2. The van der Waals surface area contributed by atoms with E-state index in [1.807, 2.05) is 17.8 Å². The van der Waals surface area contributed by atoms with E-state index in [4.69, 9.17) is 5.73 Å². The van der Waals surface area contributed by atoms with Crippen molar-refractivity contribution in [2.75, 3.05) is 0 Å². The van der Waals surface area contributed by atoms with Crippen LogP contribution >= 0.6 is 0 Å². The Bertz CT molecular complexity index is 375. The molecule has 0 spiro atoms. The summed E-state index contributed by atoms with van der Waals surface area (Å²) in [4.78, 5) is 8.09. The van der Waals surface area contributed by atoms with E-state index in [2.05, 4.69) is 20.2 Å². The van der Waals surface area contributed by atoms with Crippen molar-refractivity contribution in [2.24, 2.45) is 12.8 Å². The molecule has 0 aliphatic rings. The Labute approximate surface area is 74.8 Å². The topological polar surface area (TPSA) is 85.4 Å². The fourth-order valence-electron chi connectivity index (χ4n) is 1.16. The smallest absolute Gasteiger partial charge is 0.148 e. The molecule has 6 nitrogen and oxygen atoms in total. The lowest BCUT2D eigenvalue weighted by Crippen LogP contribution is -2.17. The van der Waals surface area contributed by atoms with Gasteiger partial charge in [0.25, 0.3) is 0 Å². The van der Waals surface area contributed by atoms with Crippen molar-refractivity contribution in [3.8, 4) is 0 Å². The Kier molecular flexibility index (Phi) is 1.82. The van der Waals surface area contributed by atoms with Crippen LogP contribution in [-0.4, -0.2) is 24.7 Å². The van der Waals surface area contributed by atoms with Gasteiger partial charge in [0.05, 0.1) is 0 Å². The summed E-state index contributed by atoms with van der Waals surface area (Å²) in [6, 6.07) is -0.345. The largest absolute Gasteiger partial charge is 0.336 e. The van der Waals surface area contributed by atoms with Gasteiger partial charge in [0.1, 0.15) is 24.0 Å². The fraction of sp³-hybridized carbons (Fsp3) is 0.286. The van der Waals surface area contributed by atoms with Crippen molar-refractivity contribution in [3.63, 3.8) is 0 Å². The van der Waals surface area contributed by atoms with Crippen LogP contribution in [0.2, 0.25) is 0 Å². The van der Waals surface area contributed by atoms with Crippen LogP contribution in [-0.2, 0) is 7.05 Å². The van der Waals surface area contributed by atoms with Gasteiger partial charge in [-0.05, 0) is 0 Å². The van der Waals surface area contributed by atoms with E-state index >= 15 is 0 Å². The van der Waals surface area contributed by atoms with Gasteiger partial charge in [-0.15, -0.1) is 0 Å². The molecule has 0 aliphatic heterocycles. The Balaban J connectivity index is 2.33. The highest BCUT2D eigenvalue weighted by Crippen LogP contribution is 2.11. The summed E-state index contributed by atoms with van der Waals surface area (Å²) >= 11 is 0. The van der Waals surface area contributed by atoms with Crippen molar-refractivity contribution < 1.29 is 0 Å². The van der Waals surface area contributed by atoms with Gasteiger partial charge < -0.3 is 10.3 Å². The molecule has 1 unspecified atom stereocenters. The SMILES string of the molecule is Cn1ccnc1C(N)c1ncn[nH]1. The summed E-state index contributed by atoms with van der Waals surface area (Å²) in [6.45, 7) is 0. The molecule has 0 aliphatic carbocycles. The van der Waals surface area contributed by atoms with E-state index in [1.165, 1.54) is 6.33 Å². The van der Waals surface area contributed by atoms with Crippen LogP contribution in [0.15, 0.2) is 18.7 Å². The second kappa shape index (κ2) is 2.98. The molecule has 0 saturated carbocycles. The molecule has 0 bridgehead atoms. The number of nitrogens with zero attached hydrogens (tertiary/aromatic N) is 4. The summed E-state index contributed by atoms with van der Waals surface area (Å²) in [7, 11) is 1.89. The molecular formula is C7H10N6. The molecule has 0 saturated heterocycles. The van der Waals surface area contributed by atoms with Gasteiger partial charge in [0, 0.05) is 19.4 Å². The van der Waals surface area contributed by atoms with Gasteiger partial charge in [-0.2, -0.15) is 5.10 Å². The minimum atomic E-state index is -0.345. The van der Waals surface area contributed by atoms with Crippen LogP contribution in [0.5, 0.6) is 0 Å². The van der Waals surface area contributed by atoms with Crippen LogP contribution in [0.25, 0.3) is 0 Å². The first-order valence-corrected chi connectivity index (χ1v) is 3.87. The van der Waals surface area contributed by atoms with Crippen molar-refractivity contribution in [2.45, 2.75) is 6.04 Å². The first-order valence-electron chi connectivity index (χ1n) is 3.87. The Hall–Kier alpha value is -1.69. The number of hydrogen-bond donors (Lipinski definition) is 2.